The second-order valence-corrected chi connectivity index (χ2v) is 11.2. The van der Waals surface area contributed by atoms with E-state index in [0.717, 1.165) is 25.6 Å². The molecule has 3 aliphatic rings. The third kappa shape index (κ3) is 2.88. The Balaban J connectivity index is 1.30. The van der Waals surface area contributed by atoms with Crippen molar-refractivity contribution in [2.45, 2.75) is 51.0 Å². The van der Waals surface area contributed by atoms with Gasteiger partial charge >= 0.3 is 0 Å². The Hall–Kier alpha value is -2.68. The molecule has 172 valence electrons. The summed E-state index contributed by atoms with van der Waals surface area (Å²) >= 11 is 0. The number of benzene rings is 4. The standard InChI is InChI=1S/C32H34NO/c1-32-26-15-16-30(32)31(34-22-23-9-3-2-4-10-23)21-33(32,18-17-26)20-29-27-13-7-5-11-24(27)19-25-12-6-8-14-28(25)29/h2-14,19,26,30-31H,15-18,20-22H2,1H3/q+1/t26-,30+,31+,32+,33+/m0/s1. The molecule has 4 aromatic rings. The van der Waals surface area contributed by atoms with Crippen LogP contribution in [0.2, 0.25) is 0 Å². The van der Waals surface area contributed by atoms with Crippen molar-refractivity contribution in [1.82, 2.24) is 0 Å². The smallest absolute Gasteiger partial charge is 0.116 e. The van der Waals surface area contributed by atoms with Gasteiger partial charge in [0.2, 0.25) is 0 Å². The zero-order chi connectivity index (χ0) is 22.8. The first-order chi connectivity index (χ1) is 16.7. The third-order valence-corrected chi connectivity index (χ3v) is 9.96. The number of quaternary nitrogens is 1. The van der Waals surface area contributed by atoms with Crippen LogP contribution in [0.5, 0.6) is 0 Å². The first kappa shape index (κ1) is 20.7. The third-order valence-electron chi connectivity index (χ3n) is 9.96. The molecule has 0 N–H and O–H groups in total. The molecule has 5 atom stereocenters. The van der Waals surface area contributed by atoms with E-state index >= 15 is 0 Å². The van der Waals surface area contributed by atoms with Crippen molar-refractivity contribution in [2.24, 2.45) is 11.8 Å². The Bertz CT molecular complexity index is 1310. The van der Waals surface area contributed by atoms with E-state index in [1.54, 1.807) is 5.56 Å². The van der Waals surface area contributed by atoms with Crippen molar-refractivity contribution < 1.29 is 9.22 Å². The Morgan fingerprint density at radius 2 is 1.50 bits per heavy atom. The largest absolute Gasteiger partial charge is 0.367 e. The van der Waals surface area contributed by atoms with Crippen LogP contribution in [0.25, 0.3) is 21.5 Å². The summed E-state index contributed by atoms with van der Waals surface area (Å²) in [6.45, 7) is 6.93. The molecule has 2 aliphatic heterocycles. The number of nitrogens with zero attached hydrogens (tertiary/aromatic N) is 1. The summed E-state index contributed by atoms with van der Waals surface area (Å²) < 4.78 is 7.95. The van der Waals surface area contributed by atoms with Crippen molar-refractivity contribution in [3.05, 3.63) is 96.1 Å². The summed E-state index contributed by atoms with van der Waals surface area (Å²) in [6, 6.07) is 31.1. The molecular weight excluding hydrogens is 414 g/mol. The first-order valence-corrected chi connectivity index (χ1v) is 13.1. The molecule has 0 unspecified atom stereocenters. The highest BCUT2D eigenvalue weighted by Gasteiger charge is 2.71. The zero-order valence-electron chi connectivity index (χ0n) is 20.1. The van der Waals surface area contributed by atoms with Gasteiger partial charge in [0.25, 0.3) is 0 Å². The van der Waals surface area contributed by atoms with Gasteiger partial charge in [0.05, 0.1) is 13.2 Å². The fourth-order valence-electron chi connectivity index (χ4n) is 8.25. The zero-order valence-corrected chi connectivity index (χ0v) is 20.1. The van der Waals surface area contributed by atoms with E-state index in [0.29, 0.717) is 17.6 Å². The number of hydrogen-bond acceptors (Lipinski definition) is 1. The van der Waals surface area contributed by atoms with Gasteiger partial charge in [-0.1, -0.05) is 78.9 Å². The second kappa shape index (κ2) is 7.66. The molecule has 4 aromatic carbocycles. The maximum atomic E-state index is 6.74. The van der Waals surface area contributed by atoms with Crippen LogP contribution < -0.4 is 0 Å². The van der Waals surface area contributed by atoms with E-state index < -0.39 is 0 Å². The van der Waals surface area contributed by atoms with Gasteiger partial charge in [0.15, 0.2) is 0 Å². The Kier molecular flexibility index (Phi) is 4.66. The summed E-state index contributed by atoms with van der Waals surface area (Å²) in [6.07, 6.45) is 4.44. The van der Waals surface area contributed by atoms with E-state index in [9.17, 15) is 0 Å². The Morgan fingerprint density at radius 3 is 2.24 bits per heavy atom. The fraction of sp³-hybridized carbons (Fsp3) is 0.375. The van der Waals surface area contributed by atoms with Gasteiger partial charge in [0.1, 0.15) is 24.7 Å². The highest BCUT2D eigenvalue weighted by Crippen LogP contribution is 2.61. The molecule has 2 saturated heterocycles. The van der Waals surface area contributed by atoms with Gasteiger partial charge in [-0.3, -0.25) is 0 Å². The lowest BCUT2D eigenvalue weighted by Crippen LogP contribution is -2.57. The van der Waals surface area contributed by atoms with Crippen LogP contribution in [-0.2, 0) is 17.9 Å². The normalized spacial score (nSPS) is 32.0. The van der Waals surface area contributed by atoms with E-state index in [-0.39, 0.29) is 0 Å². The van der Waals surface area contributed by atoms with Crippen molar-refractivity contribution in [3.8, 4) is 0 Å². The Morgan fingerprint density at radius 1 is 0.824 bits per heavy atom. The molecular formula is C32H34NO+. The number of rotatable bonds is 5. The molecule has 0 radical (unpaired) electrons. The number of fused-ring (bicyclic) bond motifs is 2. The molecule has 34 heavy (non-hydrogen) atoms. The molecule has 7 rings (SSSR count). The van der Waals surface area contributed by atoms with Gasteiger partial charge in [-0.05, 0) is 52.9 Å². The predicted octanol–water partition coefficient (Wildman–Crippen LogP) is 7.10. The van der Waals surface area contributed by atoms with Gasteiger partial charge in [-0.2, -0.15) is 0 Å². The first-order valence-electron chi connectivity index (χ1n) is 13.1. The maximum Gasteiger partial charge on any atom is 0.116 e. The van der Waals surface area contributed by atoms with Crippen molar-refractivity contribution in [2.75, 3.05) is 13.1 Å². The summed E-state index contributed by atoms with van der Waals surface area (Å²) in [5, 5.41) is 5.61. The Labute approximate surface area is 202 Å². The summed E-state index contributed by atoms with van der Waals surface area (Å²) in [7, 11) is 0. The molecule has 0 aromatic heterocycles. The molecule has 3 fully saturated rings. The monoisotopic (exact) mass is 448 g/mol. The molecule has 1 aliphatic carbocycles. The highest BCUT2D eigenvalue weighted by atomic mass is 16.5. The van der Waals surface area contributed by atoms with Crippen LogP contribution in [0.15, 0.2) is 84.9 Å². The summed E-state index contributed by atoms with van der Waals surface area (Å²) in [5.74, 6) is 1.51. The lowest BCUT2D eigenvalue weighted by atomic mass is 9.82. The van der Waals surface area contributed by atoms with Crippen LogP contribution in [0, 0.1) is 11.8 Å². The molecule has 2 heteroatoms. The minimum absolute atomic E-state index is 0.333. The van der Waals surface area contributed by atoms with Gasteiger partial charge in [-0.25, -0.2) is 0 Å². The molecule has 2 nitrogen and oxygen atoms in total. The van der Waals surface area contributed by atoms with E-state index in [4.69, 9.17) is 4.74 Å². The lowest BCUT2D eigenvalue weighted by molar-refractivity contribution is -0.965. The second-order valence-electron chi connectivity index (χ2n) is 11.2. The lowest BCUT2D eigenvalue weighted by Gasteiger charge is -2.44. The van der Waals surface area contributed by atoms with Crippen molar-refractivity contribution in [3.63, 3.8) is 0 Å². The molecule has 2 heterocycles. The fourth-order valence-corrected chi connectivity index (χ4v) is 8.25. The van der Waals surface area contributed by atoms with E-state index in [1.165, 1.54) is 57.4 Å². The topological polar surface area (TPSA) is 9.23 Å². The average Bonchev–Trinajstić information content (AvgIpc) is 3.45. The van der Waals surface area contributed by atoms with Crippen LogP contribution in [0.1, 0.15) is 37.3 Å². The summed E-state index contributed by atoms with van der Waals surface area (Å²) in [4.78, 5) is 0. The van der Waals surface area contributed by atoms with Gasteiger partial charge in [0, 0.05) is 23.8 Å². The molecule has 0 spiro atoms. The van der Waals surface area contributed by atoms with Crippen molar-refractivity contribution in [1.29, 1.82) is 0 Å². The molecule has 1 saturated carbocycles. The highest BCUT2D eigenvalue weighted by molar-refractivity contribution is 6.02. The maximum absolute atomic E-state index is 6.74. The summed E-state index contributed by atoms with van der Waals surface area (Å²) in [5.41, 5.74) is 3.17. The number of ether oxygens (including phenoxy) is 1. The minimum Gasteiger partial charge on any atom is -0.367 e. The quantitative estimate of drug-likeness (QED) is 0.234. The van der Waals surface area contributed by atoms with Gasteiger partial charge < -0.3 is 9.22 Å². The van der Waals surface area contributed by atoms with E-state index in [2.05, 4.69) is 91.9 Å². The predicted molar refractivity (Wildman–Crippen MR) is 139 cm³/mol. The van der Waals surface area contributed by atoms with Crippen molar-refractivity contribution >= 4 is 21.5 Å². The molecule has 0 bridgehead atoms. The van der Waals surface area contributed by atoms with Crippen LogP contribution in [-0.4, -0.2) is 29.2 Å². The van der Waals surface area contributed by atoms with Gasteiger partial charge in [-0.15, -0.1) is 0 Å². The van der Waals surface area contributed by atoms with Crippen LogP contribution in [0.4, 0.5) is 0 Å². The average molecular weight is 449 g/mol. The van der Waals surface area contributed by atoms with Crippen LogP contribution >= 0.6 is 0 Å². The molecule has 0 amide bonds. The van der Waals surface area contributed by atoms with E-state index in [1.807, 2.05) is 0 Å². The number of hydrogen-bond donors (Lipinski definition) is 0. The van der Waals surface area contributed by atoms with Crippen LogP contribution in [0.3, 0.4) is 0 Å². The SMILES string of the molecule is C[C@@]12[C@H]3CC[C@@H]1[C@H](OCc1ccccc1)C[N@+]2(Cc1c2ccccc2cc2ccccc12)CC3. The minimum atomic E-state index is 0.333.